The summed E-state index contributed by atoms with van der Waals surface area (Å²) in [5.74, 6) is 0.923. The number of nitrogens with zero attached hydrogens (tertiary/aromatic N) is 1. The van der Waals surface area contributed by atoms with E-state index < -0.39 is 0 Å². The van der Waals surface area contributed by atoms with Crippen LogP contribution in [0.3, 0.4) is 0 Å². The molecule has 3 heteroatoms. The molecular weight excluding hydrogens is 224 g/mol. The lowest BCUT2D eigenvalue weighted by atomic mass is 9.84. The van der Waals surface area contributed by atoms with Gasteiger partial charge in [0.25, 0.3) is 0 Å². The van der Waals surface area contributed by atoms with Crippen LogP contribution >= 0.6 is 0 Å². The molecule has 0 heterocycles. The Hall–Kier alpha value is -0.120. The van der Waals surface area contributed by atoms with Gasteiger partial charge in [0.1, 0.15) is 0 Å². The molecule has 0 bridgehead atoms. The van der Waals surface area contributed by atoms with Crippen molar-refractivity contribution in [2.24, 2.45) is 5.92 Å². The summed E-state index contributed by atoms with van der Waals surface area (Å²) in [4.78, 5) is 2.58. The van der Waals surface area contributed by atoms with Crippen LogP contribution in [0.25, 0.3) is 0 Å². The molecule has 1 fully saturated rings. The molecule has 2 unspecified atom stereocenters. The molecule has 0 aromatic rings. The van der Waals surface area contributed by atoms with E-state index in [1.54, 1.807) is 0 Å². The molecular formula is C15H32N2O. The van der Waals surface area contributed by atoms with Crippen LogP contribution in [0, 0.1) is 5.92 Å². The Morgan fingerprint density at radius 3 is 2.44 bits per heavy atom. The van der Waals surface area contributed by atoms with Crippen molar-refractivity contribution < 1.29 is 5.11 Å². The van der Waals surface area contributed by atoms with Gasteiger partial charge >= 0.3 is 0 Å². The van der Waals surface area contributed by atoms with Crippen LogP contribution in [0.5, 0.6) is 0 Å². The van der Waals surface area contributed by atoms with Crippen LogP contribution in [0.2, 0.25) is 0 Å². The second kappa shape index (κ2) is 7.46. The number of aliphatic hydroxyl groups is 1. The van der Waals surface area contributed by atoms with Crippen LogP contribution in [0.15, 0.2) is 0 Å². The monoisotopic (exact) mass is 256 g/mol. The fourth-order valence-corrected chi connectivity index (χ4v) is 3.03. The molecule has 0 aliphatic heterocycles. The lowest BCUT2D eigenvalue weighted by Crippen LogP contribution is -2.51. The van der Waals surface area contributed by atoms with Gasteiger partial charge in [0, 0.05) is 18.1 Å². The summed E-state index contributed by atoms with van der Waals surface area (Å²) in [5.41, 5.74) is -0.138. The highest BCUT2D eigenvalue weighted by molar-refractivity contribution is 4.87. The second-order valence-electron chi connectivity index (χ2n) is 6.19. The molecule has 1 aliphatic carbocycles. The van der Waals surface area contributed by atoms with Crippen LogP contribution in [0.4, 0.5) is 0 Å². The Labute approximate surface area is 113 Å². The molecule has 0 aromatic carbocycles. The zero-order chi connectivity index (χ0) is 13.6. The van der Waals surface area contributed by atoms with Crippen molar-refractivity contribution in [3.63, 3.8) is 0 Å². The molecule has 3 nitrogen and oxygen atoms in total. The summed E-state index contributed by atoms with van der Waals surface area (Å²) < 4.78 is 0. The molecule has 0 saturated heterocycles. The minimum absolute atomic E-state index is 0.138. The van der Waals surface area contributed by atoms with E-state index in [1.807, 2.05) is 0 Å². The maximum absolute atomic E-state index is 9.58. The highest BCUT2D eigenvalue weighted by Gasteiger charge is 2.29. The fourth-order valence-electron chi connectivity index (χ4n) is 3.03. The molecule has 1 rings (SSSR count). The lowest BCUT2D eigenvalue weighted by molar-refractivity contribution is 0.0958. The van der Waals surface area contributed by atoms with Gasteiger partial charge in [-0.05, 0) is 52.1 Å². The largest absolute Gasteiger partial charge is 0.394 e. The smallest absolute Gasteiger partial charge is 0.0611 e. The average molecular weight is 256 g/mol. The predicted octanol–water partition coefficient (Wildman–Crippen LogP) is 2.25. The van der Waals surface area contributed by atoms with Crippen LogP contribution in [0.1, 0.15) is 53.4 Å². The molecule has 2 atom stereocenters. The first-order chi connectivity index (χ1) is 8.54. The summed E-state index contributed by atoms with van der Waals surface area (Å²) in [6, 6.07) is 0.534. The standard InChI is InChI=1S/C15H32N2O/c1-5-16-15(4,12-18)10-13(3)17(6-2)11-14-8-7-9-14/h13-14,16,18H,5-12H2,1-4H3. The van der Waals surface area contributed by atoms with Gasteiger partial charge < -0.3 is 15.3 Å². The molecule has 18 heavy (non-hydrogen) atoms. The van der Waals surface area contributed by atoms with E-state index in [0.717, 1.165) is 25.4 Å². The maximum atomic E-state index is 9.58. The Bertz CT molecular complexity index is 231. The first-order valence-electron chi connectivity index (χ1n) is 7.64. The normalized spacial score (nSPS) is 21.7. The number of rotatable bonds is 9. The van der Waals surface area contributed by atoms with Crippen LogP contribution in [-0.2, 0) is 0 Å². The van der Waals surface area contributed by atoms with E-state index in [-0.39, 0.29) is 12.1 Å². The SMILES string of the molecule is CCNC(C)(CO)CC(C)N(CC)CC1CCC1. The van der Waals surface area contributed by atoms with Gasteiger partial charge in [-0.3, -0.25) is 0 Å². The van der Waals surface area contributed by atoms with E-state index in [1.165, 1.54) is 25.8 Å². The van der Waals surface area contributed by atoms with E-state index in [4.69, 9.17) is 0 Å². The molecule has 108 valence electrons. The third-order valence-electron chi connectivity index (χ3n) is 4.45. The summed E-state index contributed by atoms with van der Waals surface area (Å²) in [5, 5.41) is 13.0. The zero-order valence-corrected chi connectivity index (χ0v) is 12.7. The Balaban J connectivity index is 2.45. The molecule has 1 saturated carbocycles. The summed E-state index contributed by atoms with van der Waals surface area (Å²) in [6.45, 7) is 12.3. The van der Waals surface area contributed by atoms with E-state index in [2.05, 4.69) is 37.9 Å². The van der Waals surface area contributed by atoms with E-state index in [9.17, 15) is 5.11 Å². The number of hydrogen-bond donors (Lipinski definition) is 2. The van der Waals surface area contributed by atoms with Crippen LogP contribution in [-0.4, -0.2) is 47.8 Å². The van der Waals surface area contributed by atoms with Crippen molar-refractivity contribution in [2.75, 3.05) is 26.2 Å². The quantitative estimate of drug-likeness (QED) is 0.664. The molecule has 0 amide bonds. The van der Waals surface area contributed by atoms with Gasteiger partial charge in [0.05, 0.1) is 6.61 Å². The highest BCUT2D eigenvalue weighted by atomic mass is 16.3. The Kier molecular flexibility index (Phi) is 6.61. The summed E-state index contributed by atoms with van der Waals surface area (Å²) in [6.07, 6.45) is 5.25. The minimum atomic E-state index is -0.138. The number of likely N-dealkylation sites (N-methyl/N-ethyl adjacent to an activating group) is 1. The average Bonchev–Trinajstić information content (AvgIpc) is 2.28. The van der Waals surface area contributed by atoms with Crippen molar-refractivity contribution in [3.05, 3.63) is 0 Å². The van der Waals surface area contributed by atoms with Gasteiger partial charge in [0.15, 0.2) is 0 Å². The maximum Gasteiger partial charge on any atom is 0.0611 e. The van der Waals surface area contributed by atoms with Gasteiger partial charge in [-0.2, -0.15) is 0 Å². The van der Waals surface area contributed by atoms with E-state index >= 15 is 0 Å². The first-order valence-corrected chi connectivity index (χ1v) is 7.64. The van der Waals surface area contributed by atoms with Crippen molar-refractivity contribution in [3.8, 4) is 0 Å². The number of hydrogen-bond acceptors (Lipinski definition) is 3. The number of nitrogens with one attached hydrogen (secondary N) is 1. The highest BCUT2D eigenvalue weighted by Crippen LogP contribution is 2.28. The van der Waals surface area contributed by atoms with E-state index in [0.29, 0.717) is 6.04 Å². The first kappa shape index (κ1) is 15.9. The molecule has 1 aliphatic rings. The van der Waals surface area contributed by atoms with Crippen molar-refractivity contribution in [2.45, 2.75) is 65.0 Å². The zero-order valence-electron chi connectivity index (χ0n) is 12.7. The van der Waals surface area contributed by atoms with Crippen molar-refractivity contribution in [1.29, 1.82) is 0 Å². The molecule has 0 radical (unpaired) electrons. The number of aliphatic hydroxyl groups excluding tert-OH is 1. The lowest BCUT2D eigenvalue weighted by Gasteiger charge is -2.39. The topological polar surface area (TPSA) is 35.5 Å². The molecule has 0 spiro atoms. The summed E-state index contributed by atoms with van der Waals surface area (Å²) >= 11 is 0. The third-order valence-corrected chi connectivity index (χ3v) is 4.45. The predicted molar refractivity (Wildman–Crippen MR) is 77.8 cm³/mol. The fraction of sp³-hybridized carbons (Fsp3) is 1.00. The van der Waals surface area contributed by atoms with Crippen LogP contribution < -0.4 is 5.32 Å². The summed E-state index contributed by atoms with van der Waals surface area (Å²) in [7, 11) is 0. The van der Waals surface area contributed by atoms with Gasteiger partial charge in [0.2, 0.25) is 0 Å². The van der Waals surface area contributed by atoms with Crippen molar-refractivity contribution in [1.82, 2.24) is 10.2 Å². The Morgan fingerprint density at radius 2 is 2.06 bits per heavy atom. The van der Waals surface area contributed by atoms with Crippen molar-refractivity contribution >= 4 is 0 Å². The Morgan fingerprint density at radius 1 is 1.39 bits per heavy atom. The van der Waals surface area contributed by atoms with Gasteiger partial charge in [-0.15, -0.1) is 0 Å². The van der Waals surface area contributed by atoms with Gasteiger partial charge in [-0.25, -0.2) is 0 Å². The third kappa shape index (κ3) is 4.52. The molecule has 2 N–H and O–H groups in total. The molecule has 0 aromatic heterocycles. The second-order valence-corrected chi connectivity index (χ2v) is 6.19. The van der Waals surface area contributed by atoms with Gasteiger partial charge in [-0.1, -0.05) is 20.3 Å². The minimum Gasteiger partial charge on any atom is -0.394 e.